The third-order valence-electron chi connectivity index (χ3n) is 6.04. The zero-order valence-corrected chi connectivity index (χ0v) is 16.2. The van der Waals surface area contributed by atoms with Gasteiger partial charge in [0.2, 0.25) is 11.8 Å². The first-order valence-corrected chi connectivity index (χ1v) is 9.80. The number of carbonyl (C=O) groups is 2. The highest BCUT2D eigenvalue weighted by Gasteiger charge is 2.66. The van der Waals surface area contributed by atoms with E-state index in [9.17, 15) is 9.59 Å². The van der Waals surface area contributed by atoms with Gasteiger partial charge in [0.05, 0.1) is 31.0 Å². The average Bonchev–Trinajstić information content (AvgIpc) is 3.39. The van der Waals surface area contributed by atoms with Gasteiger partial charge in [0.25, 0.3) is 0 Å². The highest BCUT2D eigenvalue weighted by atomic mass is 16.5. The van der Waals surface area contributed by atoms with Crippen LogP contribution < -0.4 is 0 Å². The second-order valence-electron chi connectivity index (χ2n) is 8.37. The highest BCUT2D eigenvalue weighted by Crippen LogP contribution is 2.52. The number of rotatable bonds is 7. The predicted octanol–water partition coefficient (Wildman–Crippen LogP) is 1.17. The zero-order valence-electron chi connectivity index (χ0n) is 16.2. The van der Waals surface area contributed by atoms with Gasteiger partial charge >= 0.3 is 0 Å². The minimum absolute atomic E-state index is 0.0116. The van der Waals surface area contributed by atoms with E-state index in [1.807, 2.05) is 29.3 Å². The van der Waals surface area contributed by atoms with Crippen molar-refractivity contribution in [2.24, 2.45) is 17.8 Å². The van der Waals surface area contributed by atoms with E-state index in [-0.39, 0.29) is 23.8 Å². The molecule has 0 aromatic carbocycles. The molecule has 2 amide bonds. The Balaban J connectivity index is 1.46. The van der Waals surface area contributed by atoms with Crippen molar-refractivity contribution in [1.82, 2.24) is 19.6 Å². The molecular formula is C20H28N4O3. The number of carbonyl (C=O) groups excluding carboxylic acids is 2. The van der Waals surface area contributed by atoms with Crippen LogP contribution in [-0.2, 0) is 20.9 Å². The van der Waals surface area contributed by atoms with Gasteiger partial charge in [-0.1, -0.05) is 26.0 Å². The van der Waals surface area contributed by atoms with Gasteiger partial charge in [-0.05, 0) is 18.4 Å². The van der Waals surface area contributed by atoms with Crippen LogP contribution in [0.5, 0.6) is 0 Å². The van der Waals surface area contributed by atoms with E-state index >= 15 is 0 Å². The molecule has 4 rings (SSSR count). The van der Waals surface area contributed by atoms with E-state index in [1.54, 1.807) is 22.8 Å². The van der Waals surface area contributed by atoms with Crippen LogP contribution in [0.25, 0.3) is 0 Å². The second-order valence-corrected chi connectivity index (χ2v) is 8.37. The lowest BCUT2D eigenvalue weighted by Gasteiger charge is -2.27. The van der Waals surface area contributed by atoms with Crippen molar-refractivity contribution in [3.63, 3.8) is 0 Å². The van der Waals surface area contributed by atoms with Gasteiger partial charge in [-0.25, -0.2) is 0 Å². The first-order valence-electron chi connectivity index (χ1n) is 9.80. The molecule has 7 nitrogen and oxygen atoms in total. The summed E-state index contributed by atoms with van der Waals surface area (Å²) >= 11 is 0. The zero-order chi connectivity index (χ0) is 19.2. The first-order chi connectivity index (χ1) is 12.9. The normalized spacial score (nSPS) is 31.2. The third-order valence-corrected chi connectivity index (χ3v) is 6.04. The van der Waals surface area contributed by atoms with Crippen molar-refractivity contribution >= 4 is 11.8 Å². The standard InChI is InChI=1S/C20H28N4O3/c1-14(2)6-10-23-13-20-7-5-15(27-20)16(17(20)19(23)26)18(25)22(3)11-12-24-9-4-8-21-24/h4-5,7-9,14-17H,6,10-13H2,1-3H3/t15-,16?,17?,20-/m1/s1. The number of nitrogens with zero attached hydrogens (tertiary/aromatic N) is 4. The molecule has 1 aromatic heterocycles. The highest BCUT2D eigenvalue weighted by molar-refractivity contribution is 5.93. The Labute approximate surface area is 159 Å². The molecule has 146 valence electrons. The van der Waals surface area contributed by atoms with Crippen molar-refractivity contribution in [3.05, 3.63) is 30.6 Å². The number of aromatic nitrogens is 2. The molecule has 1 aromatic rings. The molecular weight excluding hydrogens is 344 g/mol. The Morgan fingerprint density at radius 3 is 2.96 bits per heavy atom. The Kier molecular flexibility index (Phi) is 4.58. The molecule has 2 bridgehead atoms. The fraction of sp³-hybridized carbons (Fsp3) is 0.650. The molecule has 0 N–H and O–H groups in total. The molecule has 27 heavy (non-hydrogen) atoms. The SMILES string of the molecule is CC(C)CCN1C[C@@]23C=C[C@@H](O2)C(C(=O)N(C)CCn2cccn2)C3C1=O. The van der Waals surface area contributed by atoms with E-state index in [1.165, 1.54) is 0 Å². The van der Waals surface area contributed by atoms with Crippen LogP contribution in [0.15, 0.2) is 30.6 Å². The second kappa shape index (κ2) is 6.78. The van der Waals surface area contributed by atoms with Gasteiger partial charge in [-0.2, -0.15) is 5.10 Å². The number of likely N-dealkylation sites (N-methyl/N-ethyl adjacent to an activating group) is 1. The quantitative estimate of drug-likeness (QED) is 0.674. The van der Waals surface area contributed by atoms with Crippen LogP contribution in [0.2, 0.25) is 0 Å². The van der Waals surface area contributed by atoms with Gasteiger partial charge < -0.3 is 14.5 Å². The molecule has 2 unspecified atom stereocenters. The number of hydrogen-bond acceptors (Lipinski definition) is 4. The summed E-state index contributed by atoms with van der Waals surface area (Å²) in [5.74, 6) is -0.216. The summed E-state index contributed by atoms with van der Waals surface area (Å²) in [5.41, 5.74) is -0.609. The fourth-order valence-electron chi connectivity index (χ4n) is 4.51. The van der Waals surface area contributed by atoms with Crippen LogP contribution in [0.4, 0.5) is 0 Å². The van der Waals surface area contributed by atoms with Crippen molar-refractivity contribution in [2.75, 3.05) is 26.7 Å². The van der Waals surface area contributed by atoms with Crippen molar-refractivity contribution in [2.45, 2.75) is 38.5 Å². The molecule has 0 aliphatic carbocycles. The molecule has 2 fully saturated rings. The van der Waals surface area contributed by atoms with Crippen LogP contribution in [0.3, 0.4) is 0 Å². The average molecular weight is 372 g/mol. The molecule has 3 aliphatic rings. The Morgan fingerprint density at radius 2 is 2.26 bits per heavy atom. The van der Waals surface area contributed by atoms with Crippen LogP contribution in [-0.4, -0.2) is 69.8 Å². The molecule has 3 aliphatic heterocycles. The van der Waals surface area contributed by atoms with Crippen molar-refractivity contribution in [1.29, 1.82) is 0 Å². The fourth-order valence-corrected chi connectivity index (χ4v) is 4.51. The number of fused-ring (bicyclic) bond motifs is 1. The molecule has 0 saturated carbocycles. The summed E-state index contributed by atoms with van der Waals surface area (Å²) in [6.07, 6.45) is 8.27. The summed E-state index contributed by atoms with van der Waals surface area (Å²) in [6, 6.07) is 1.86. The number of hydrogen-bond donors (Lipinski definition) is 0. The van der Waals surface area contributed by atoms with Gasteiger partial charge in [-0.15, -0.1) is 0 Å². The summed E-state index contributed by atoms with van der Waals surface area (Å²) in [4.78, 5) is 29.9. The lowest BCUT2D eigenvalue weighted by molar-refractivity contribution is -0.142. The molecule has 4 atom stereocenters. The smallest absolute Gasteiger partial charge is 0.230 e. The molecule has 4 heterocycles. The summed E-state index contributed by atoms with van der Waals surface area (Å²) in [5, 5.41) is 4.17. The largest absolute Gasteiger partial charge is 0.360 e. The Morgan fingerprint density at radius 1 is 1.44 bits per heavy atom. The van der Waals surface area contributed by atoms with Gasteiger partial charge in [-0.3, -0.25) is 14.3 Å². The monoisotopic (exact) mass is 372 g/mol. The molecule has 2 saturated heterocycles. The van der Waals surface area contributed by atoms with E-state index in [2.05, 4.69) is 18.9 Å². The lowest BCUT2D eigenvalue weighted by Crippen LogP contribution is -2.45. The first kappa shape index (κ1) is 18.2. The molecule has 1 spiro atoms. The maximum atomic E-state index is 13.2. The maximum absolute atomic E-state index is 13.2. The third kappa shape index (κ3) is 3.08. The molecule has 0 radical (unpaired) electrons. The van der Waals surface area contributed by atoms with E-state index in [0.717, 1.165) is 13.0 Å². The van der Waals surface area contributed by atoms with Crippen LogP contribution in [0.1, 0.15) is 20.3 Å². The van der Waals surface area contributed by atoms with Crippen molar-refractivity contribution in [3.8, 4) is 0 Å². The van der Waals surface area contributed by atoms with E-state index in [4.69, 9.17) is 4.74 Å². The summed E-state index contributed by atoms with van der Waals surface area (Å²) < 4.78 is 7.99. The van der Waals surface area contributed by atoms with E-state index in [0.29, 0.717) is 25.6 Å². The van der Waals surface area contributed by atoms with Gasteiger partial charge in [0.1, 0.15) is 5.60 Å². The van der Waals surface area contributed by atoms with Gasteiger partial charge in [0, 0.05) is 32.5 Å². The lowest BCUT2D eigenvalue weighted by atomic mass is 9.76. The minimum atomic E-state index is -0.609. The van der Waals surface area contributed by atoms with Crippen molar-refractivity contribution < 1.29 is 14.3 Å². The van der Waals surface area contributed by atoms with E-state index < -0.39 is 11.5 Å². The topological polar surface area (TPSA) is 67.7 Å². The number of ether oxygens (including phenoxy) is 1. The van der Waals surface area contributed by atoms with Crippen LogP contribution in [0, 0.1) is 17.8 Å². The van der Waals surface area contributed by atoms with Crippen LogP contribution >= 0.6 is 0 Å². The maximum Gasteiger partial charge on any atom is 0.230 e. The van der Waals surface area contributed by atoms with Gasteiger partial charge in [0.15, 0.2) is 0 Å². The predicted molar refractivity (Wildman–Crippen MR) is 99.6 cm³/mol. The summed E-state index contributed by atoms with van der Waals surface area (Å²) in [7, 11) is 1.80. The summed E-state index contributed by atoms with van der Waals surface area (Å²) in [6.45, 7) is 6.79. The minimum Gasteiger partial charge on any atom is -0.360 e. The Hall–Kier alpha value is -2.15. The number of amides is 2. The number of likely N-dealkylation sites (tertiary alicyclic amines) is 1. The Bertz CT molecular complexity index is 744. The molecule has 7 heteroatoms.